The monoisotopic (exact) mass is 196 g/mol. The van der Waals surface area contributed by atoms with Crippen LogP contribution in [0.15, 0.2) is 36.5 Å². The van der Waals surface area contributed by atoms with Crippen LogP contribution in [0.2, 0.25) is 0 Å². The first-order chi connectivity index (χ1) is 6.45. The molecule has 0 heterocycles. The van der Waals surface area contributed by atoms with Gasteiger partial charge in [-0.3, -0.25) is 0 Å². The lowest BCUT2D eigenvalue weighted by Gasteiger charge is -2.00. The zero-order valence-electron chi connectivity index (χ0n) is 10.0. The molecule has 0 saturated carbocycles. The number of hydrogen-bond acceptors (Lipinski definition) is 1. The standard InChI is InChI=1S/C9H16O.C4H8/c1-7(2)8(3)5-6-9(4)10;1-3-4-2/h5,9-10H,1,6H2,2-4H3;3H,1,4H2,2H3/b8-5+;. The fourth-order valence-electron chi connectivity index (χ4n) is 0.522. The van der Waals surface area contributed by atoms with Crippen LogP contribution in [0.25, 0.3) is 0 Å². The molecule has 1 atom stereocenters. The zero-order valence-corrected chi connectivity index (χ0v) is 10.0. The Kier molecular flexibility index (Phi) is 11.5. The van der Waals surface area contributed by atoms with E-state index in [4.69, 9.17) is 5.11 Å². The molecule has 0 bridgehead atoms. The number of aliphatic hydroxyl groups excluding tert-OH is 1. The van der Waals surface area contributed by atoms with Crippen molar-refractivity contribution in [3.63, 3.8) is 0 Å². The van der Waals surface area contributed by atoms with E-state index in [1.807, 2.05) is 26.0 Å². The minimum Gasteiger partial charge on any atom is -0.393 e. The van der Waals surface area contributed by atoms with Gasteiger partial charge in [0, 0.05) is 0 Å². The van der Waals surface area contributed by atoms with Crippen molar-refractivity contribution in [2.45, 2.75) is 46.6 Å². The van der Waals surface area contributed by atoms with Gasteiger partial charge >= 0.3 is 0 Å². The molecule has 0 rings (SSSR count). The molecular formula is C13H24O. The Morgan fingerprint density at radius 2 is 1.86 bits per heavy atom. The molecule has 1 nitrogen and oxygen atoms in total. The van der Waals surface area contributed by atoms with Gasteiger partial charge in [-0.2, -0.15) is 0 Å². The van der Waals surface area contributed by atoms with Crippen LogP contribution in [0.4, 0.5) is 0 Å². The molecule has 0 spiro atoms. The lowest BCUT2D eigenvalue weighted by atomic mass is 10.1. The van der Waals surface area contributed by atoms with E-state index in [0.717, 1.165) is 18.4 Å². The molecule has 14 heavy (non-hydrogen) atoms. The molecule has 0 aliphatic rings. The van der Waals surface area contributed by atoms with Crippen LogP contribution in [0.5, 0.6) is 0 Å². The van der Waals surface area contributed by atoms with Crippen LogP contribution in [-0.4, -0.2) is 11.2 Å². The molecule has 0 aliphatic carbocycles. The first-order valence-electron chi connectivity index (χ1n) is 5.07. The second-order valence-corrected chi connectivity index (χ2v) is 3.45. The van der Waals surface area contributed by atoms with Crippen molar-refractivity contribution >= 4 is 0 Å². The quantitative estimate of drug-likeness (QED) is 0.534. The lowest BCUT2D eigenvalue weighted by molar-refractivity contribution is 0.198. The molecule has 0 amide bonds. The summed E-state index contributed by atoms with van der Waals surface area (Å²) in [6.07, 6.45) is 5.44. The Morgan fingerprint density at radius 1 is 1.43 bits per heavy atom. The summed E-state index contributed by atoms with van der Waals surface area (Å²) in [5, 5.41) is 8.91. The van der Waals surface area contributed by atoms with Crippen LogP contribution < -0.4 is 0 Å². The van der Waals surface area contributed by atoms with Gasteiger partial charge in [0.15, 0.2) is 0 Å². The van der Waals surface area contributed by atoms with E-state index in [1.165, 1.54) is 5.57 Å². The van der Waals surface area contributed by atoms with E-state index in [2.05, 4.69) is 20.1 Å². The summed E-state index contributed by atoms with van der Waals surface area (Å²) in [6, 6.07) is 0. The minimum atomic E-state index is -0.241. The summed E-state index contributed by atoms with van der Waals surface area (Å²) in [5.41, 5.74) is 2.24. The molecule has 0 aromatic heterocycles. The molecule has 1 unspecified atom stereocenters. The Bertz CT molecular complexity index is 187. The average molecular weight is 196 g/mol. The maximum absolute atomic E-state index is 8.91. The molecule has 0 aliphatic heterocycles. The number of rotatable bonds is 4. The largest absolute Gasteiger partial charge is 0.393 e. The summed E-state index contributed by atoms with van der Waals surface area (Å²) < 4.78 is 0. The summed E-state index contributed by atoms with van der Waals surface area (Å²) in [4.78, 5) is 0. The van der Waals surface area contributed by atoms with Crippen molar-refractivity contribution in [3.8, 4) is 0 Å². The Labute approximate surface area is 88.8 Å². The fourth-order valence-corrected chi connectivity index (χ4v) is 0.522. The van der Waals surface area contributed by atoms with E-state index >= 15 is 0 Å². The highest BCUT2D eigenvalue weighted by Crippen LogP contribution is 2.06. The van der Waals surface area contributed by atoms with Crippen LogP contribution in [-0.2, 0) is 0 Å². The highest BCUT2D eigenvalue weighted by atomic mass is 16.3. The van der Waals surface area contributed by atoms with Gasteiger partial charge in [-0.25, -0.2) is 0 Å². The number of hydrogen-bond donors (Lipinski definition) is 1. The molecular weight excluding hydrogens is 172 g/mol. The molecule has 1 N–H and O–H groups in total. The first-order valence-corrected chi connectivity index (χ1v) is 5.07. The van der Waals surface area contributed by atoms with Gasteiger partial charge in [0.25, 0.3) is 0 Å². The molecule has 82 valence electrons. The number of aliphatic hydroxyl groups is 1. The van der Waals surface area contributed by atoms with Crippen LogP contribution in [0, 0.1) is 0 Å². The maximum atomic E-state index is 8.91. The summed E-state index contributed by atoms with van der Waals surface area (Å²) in [6.45, 7) is 15.1. The van der Waals surface area contributed by atoms with Gasteiger partial charge < -0.3 is 5.11 Å². The summed E-state index contributed by atoms with van der Waals surface area (Å²) in [7, 11) is 0. The smallest absolute Gasteiger partial charge is 0.0546 e. The third-order valence-corrected chi connectivity index (χ3v) is 1.73. The normalized spacial score (nSPS) is 12.5. The summed E-state index contributed by atoms with van der Waals surface area (Å²) >= 11 is 0. The Balaban J connectivity index is 0. The van der Waals surface area contributed by atoms with Gasteiger partial charge in [-0.15, -0.1) is 6.58 Å². The van der Waals surface area contributed by atoms with Crippen molar-refractivity contribution in [2.24, 2.45) is 0 Å². The molecule has 0 saturated heterocycles. The van der Waals surface area contributed by atoms with Crippen molar-refractivity contribution in [1.29, 1.82) is 0 Å². The van der Waals surface area contributed by atoms with Gasteiger partial charge in [0.1, 0.15) is 0 Å². The lowest BCUT2D eigenvalue weighted by Crippen LogP contribution is -1.96. The topological polar surface area (TPSA) is 20.2 Å². The Morgan fingerprint density at radius 3 is 2.07 bits per heavy atom. The third kappa shape index (κ3) is 13.7. The van der Waals surface area contributed by atoms with E-state index in [1.54, 1.807) is 6.92 Å². The number of allylic oxidation sites excluding steroid dienone is 3. The first kappa shape index (κ1) is 15.6. The summed E-state index contributed by atoms with van der Waals surface area (Å²) in [5.74, 6) is 0. The predicted molar refractivity (Wildman–Crippen MR) is 65.4 cm³/mol. The van der Waals surface area contributed by atoms with E-state index in [0.29, 0.717) is 0 Å². The maximum Gasteiger partial charge on any atom is 0.0546 e. The van der Waals surface area contributed by atoms with Crippen LogP contribution in [0.3, 0.4) is 0 Å². The van der Waals surface area contributed by atoms with E-state index < -0.39 is 0 Å². The van der Waals surface area contributed by atoms with E-state index in [-0.39, 0.29) is 6.10 Å². The molecule has 0 aromatic rings. The molecule has 0 fully saturated rings. The van der Waals surface area contributed by atoms with Gasteiger partial charge in [-0.1, -0.05) is 36.8 Å². The van der Waals surface area contributed by atoms with Gasteiger partial charge in [0.05, 0.1) is 6.10 Å². The minimum absolute atomic E-state index is 0.241. The Hall–Kier alpha value is -0.820. The van der Waals surface area contributed by atoms with Crippen molar-refractivity contribution in [3.05, 3.63) is 36.5 Å². The molecule has 0 radical (unpaired) electrons. The third-order valence-electron chi connectivity index (χ3n) is 1.73. The fraction of sp³-hybridized carbons (Fsp3) is 0.538. The van der Waals surface area contributed by atoms with Gasteiger partial charge in [0.2, 0.25) is 0 Å². The van der Waals surface area contributed by atoms with Crippen LogP contribution >= 0.6 is 0 Å². The van der Waals surface area contributed by atoms with Crippen molar-refractivity contribution in [1.82, 2.24) is 0 Å². The second-order valence-electron chi connectivity index (χ2n) is 3.45. The van der Waals surface area contributed by atoms with Crippen LogP contribution in [0.1, 0.15) is 40.5 Å². The second kappa shape index (κ2) is 10.3. The molecule has 1 heteroatoms. The average Bonchev–Trinajstić information content (AvgIpc) is 2.14. The van der Waals surface area contributed by atoms with Gasteiger partial charge in [-0.05, 0) is 33.6 Å². The highest BCUT2D eigenvalue weighted by molar-refractivity contribution is 5.23. The highest BCUT2D eigenvalue weighted by Gasteiger charge is 1.92. The van der Waals surface area contributed by atoms with Crippen molar-refractivity contribution in [2.75, 3.05) is 0 Å². The predicted octanol–water partition coefficient (Wildman–Crippen LogP) is 3.86. The van der Waals surface area contributed by atoms with Crippen molar-refractivity contribution < 1.29 is 5.11 Å². The zero-order chi connectivity index (χ0) is 11.6. The van der Waals surface area contributed by atoms with E-state index in [9.17, 15) is 0 Å². The SMILES string of the molecule is C=C(C)/C(C)=C/CC(C)O.C=CCC. The molecule has 0 aromatic carbocycles.